The number of piperidine rings is 1. The quantitative estimate of drug-likeness (QED) is 0.606. The molecule has 2 saturated heterocycles. The summed E-state index contributed by atoms with van der Waals surface area (Å²) in [4.78, 5) is 23.8. The number of rotatable bonds is 7. The fourth-order valence-corrected chi connectivity index (χ4v) is 4.77. The van der Waals surface area contributed by atoms with E-state index in [1.807, 2.05) is 42.2 Å². The van der Waals surface area contributed by atoms with E-state index in [2.05, 4.69) is 34.0 Å². The first kappa shape index (κ1) is 24.2. The van der Waals surface area contributed by atoms with E-state index >= 15 is 0 Å². The van der Waals surface area contributed by atoms with Crippen LogP contribution in [-0.2, 0) is 4.79 Å². The molecule has 1 unspecified atom stereocenters. The molecule has 8 nitrogen and oxygen atoms in total. The Balaban J connectivity index is 1.33. The highest BCUT2D eigenvalue weighted by molar-refractivity contribution is 5.95. The van der Waals surface area contributed by atoms with E-state index in [0.717, 1.165) is 49.5 Å². The Labute approximate surface area is 202 Å². The van der Waals surface area contributed by atoms with E-state index in [1.54, 1.807) is 12.4 Å². The number of nitrogens with one attached hydrogen (secondary N) is 2. The third kappa shape index (κ3) is 5.56. The molecule has 0 saturated carbocycles. The summed E-state index contributed by atoms with van der Waals surface area (Å²) in [6, 6.07) is 8.41. The van der Waals surface area contributed by atoms with E-state index in [4.69, 9.17) is 10.1 Å². The van der Waals surface area contributed by atoms with E-state index < -0.39 is 0 Å². The van der Waals surface area contributed by atoms with Gasteiger partial charge in [-0.1, -0.05) is 0 Å². The second kappa shape index (κ2) is 11.0. The van der Waals surface area contributed by atoms with Crippen LogP contribution in [0, 0.1) is 5.41 Å². The monoisotopic (exact) mass is 464 g/mol. The van der Waals surface area contributed by atoms with Crippen LogP contribution < -0.4 is 15.0 Å². The van der Waals surface area contributed by atoms with Gasteiger partial charge in [0.1, 0.15) is 17.7 Å². The molecule has 0 spiro atoms. The summed E-state index contributed by atoms with van der Waals surface area (Å²) < 4.78 is 6.21. The summed E-state index contributed by atoms with van der Waals surface area (Å²) in [5, 5.41) is 10.9. The molecular formula is C26H36N6O2. The van der Waals surface area contributed by atoms with Crippen molar-refractivity contribution in [3.8, 4) is 5.75 Å². The van der Waals surface area contributed by atoms with Gasteiger partial charge in [0.25, 0.3) is 0 Å². The number of nitrogens with zero attached hydrogens (tertiary/aromatic N) is 4. The van der Waals surface area contributed by atoms with Crippen LogP contribution in [0.25, 0.3) is 0 Å². The molecule has 2 fully saturated rings. The van der Waals surface area contributed by atoms with E-state index in [9.17, 15) is 4.79 Å². The first-order valence-corrected chi connectivity index (χ1v) is 12.2. The molecule has 1 aromatic carbocycles. The van der Waals surface area contributed by atoms with Crippen molar-refractivity contribution in [2.75, 3.05) is 37.6 Å². The molecule has 1 amide bonds. The molecule has 3 aliphatic heterocycles. The number of hydrogen-bond donors (Lipinski definition) is 2. The Morgan fingerprint density at radius 3 is 2.44 bits per heavy atom. The lowest BCUT2D eigenvalue weighted by atomic mass is 10.1. The van der Waals surface area contributed by atoms with Gasteiger partial charge < -0.3 is 25.3 Å². The molecular weight excluding hydrogens is 428 g/mol. The van der Waals surface area contributed by atoms with Crippen molar-refractivity contribution in [3.63, 3.8) is 0 Å². The number of carbonyl (C=O) groups is 1. The number of aliphatic imine (C=N–C) groups is 1. The molecule has 182 valence electrons. The smallest absolute Gasteiger partial charge is 0.241 e. The molecule has 4 rings (SSSR count). The number of benzene rings is 1. The summed E-state index contributed by atoms with van der Waals surface area (Å²) in [7, 11) is 0. The SMILES string of the molecule is CC(C)N1CCC(Oc2ccc(N3CCN(C(C)/C(C=N)=C4\N=CC=CN4)CC3=O)cc2)CC1. The van der Waals surface area contributed by atoms with Crippen molar-refractivity contribution in [2.24, 2.45) is 4.99 Å². The Morgan fingerprint density at radius 1 is 1.12 bits per heavy atom. The second-order valence-electron chi connectivity index (χ2n) is 9.36. The van der Waals surface area contributed by atoms with Gasteiger partial charge in [-0.2, -0.15) is 0 Å². The van der Waals surface area contributed by atoms with Crippen LogP contribution in [0.3, 0.4) is 0 Å². The van der Waals surface area contributed by atoms with Crippen molar-refractivity contribution < 1.29 is 9.53 Å². The zero-order valence-corrected chi connectivity index (χ0v) is 20.4. The number of piperazine rings is 1. The average Bonchev–Trinajstić information content (AvgIpc) is 2.86. The molecule has 34 heavy (non-hydrogen) atoms. The van der Waals surface area contributed by atoms with Crippen molar-refractivity contribution in [3.05, 3.63) is 47.9 Å². The molecule has 1 atom stereocenters. The van der Waals surface area contributed by atoms with Crippen molar-refractivity contribution >= 4 is 24.0 Å². The number of carbonyl (C=O) groups excluding carboxylic acids is 1. The van der Waals surface area contributed by atoms with Gasteiger partial charge in [0.2, 0.25) is 5.91 Å². The molecule has 3 heterocycles. The van der Waals surface area contributed by atoms with E-state index in [1.165, 1.54) is 6.21 Å². The summed E-state index contributed by atoms with van der Waals surface area (Å²) in [5.74, 6) is 1.58. The van der Waals surface area contributed by atoms with Crippen LogP contribution in [-0.4, -0.2) is 79.0 Å². The summed E-state index contributed by atoms with van der Waals surface area (Å²) in [5.41, 5.74) is 1.66. The number of anilines is 1. The first-order valence-electron chi connectivity index (χ1n) is 12.2. The normalized spacial score (nSPS) is 22.6. The molecule has 3 aliphatic rings. The van der Waals surface area contributed by atoms with Gasteiger partial charge in [-0.3, -0.25) is 9.69 Å². The average molecular weight is 465 g/mol. The fourth-order valence-electron chi connectivity index (χ4n) is 4.77. The van der Waals surface area contributed by atoms with Gasteiger partial charge in [0, 0.05) is 68.2 Å². The van der Waals surface area contributed by atoms with E-state index in [0.29, 0.717) is 25.0 Å². The first-order chi connectivity index (χ1) is 16.5. The van der Waals surface area contributed by atoms with Gasteiger partial charge in [-0.25, -0.2) is 4.99 Å². The standard InChI is InChI=1S/C26H36N6O2/c1-19(2)30-13-9-23(10-14-30)34-22-7-5-21(6-8-22)32-16-15-31(18-25(32)33)20(3)24(17-27)26-28-11-4-12-29-26/h4-8,11-12,17,19-20,23,27-28H,9-10,13-16,18H2,1-3H3/b26-24-,27-17?. The van der Waals surface area contributed by atoms with Crippen LogP contribution in [0.5, 0.6) is 5.75 Å². The molecule has 0 radical (unpaired) electrons. The molecule has 1 aromatic rings. The maximum atomic E-state index is 13.0. The molecule has 2 N–H and O–H groups in total. The van der Waals surface area contributed by atoms with Crippen LogP contribution in [0.2, 0.25) is 0 Å². The van der Waals surface area contributed by atoms with Gasteiger partial charge in [-0.05, 0) is 64.0 Å². The highest BCUT2D eigenvalue weighted by Crippen LogP contribution is 2.25. The van der Waals surface area contributed by atoms with Gasteiger partial charge in [0.05, 0.1) is 6.54 Å². The minimum Gasteiger partial charge on any atom is -0.490 e. The lowest BCUT2D eigenvalue weighted by Gasteiger charge is -2.38. The third-order valence-electron chi connectivity index (χ3n) is 6.94. The largest absolute Gasteiger partial charge is 0.490 e. The Hall–Kier alpha value is -2.97. The molecule has 8 heteroatoms. The number of allylic oxidation sites excluding steroid dienone is 1. The highest BCUT2D eigenvalue weighted by atomic mass is 16.5. The predicted molar refractivity (Wildman–Crippen MR) is 137 cm³/mol. The lowest BCUT2D eigenvalue weighted by Crippen LogP contribution is -2.53. The topological polar surface area (TPSA) is 84.3 Å². The zero-order chi connectivity index (χ0) is 24.1. The fraction of sp³-hybridized carbons (Fsp3) is 0.500. The summed E-state index contributed by atoms with van der Waals surface area (Å²) in [6.45, 7) is 10.3. The minimum atomic E-state index is -0.0901. The number of ether oxygens (including phenoxy) is 1. The van der Waals surface area contributed by atoms with Crippen LogP contribution in [0.15, 0.2) is 52.9 Å². The summed E-state index contributed by atoms with van der Waals surface area (Å²) >= 11 is 0. The highest BCUT2D eigenvalue weighted by Gasteiger charge is 2.30. The van der Waals surface area contributed by atoms with Gasteiger partial charge >= 0.3 is 0 Å². The molecule has 0 aromatic heterocycles. The van der Waals surface area contributed by atoms with Crippen molar-refractivity contribution in [1.29, 1.82) is 5.41 Å². The maximum absolute atomic E-state index is 13.0. The van der Waals surface area contributed by atoms with Gasteiger partial charge in [-0.15, -0.1) is 0 Å². The minimum absolute atomic E-state index is 0.0576. The number of likely N-dealkylation sites (tertiary alicyclic amines) is 1. The number of hydrogen-bond acceptors (Lipinski definition) is 7. The molecule has 0 bridgehead atoms. The van der Waals surface area contributed by atoms with Crippen LogP contribution in [0.4, 0.5) is 5.69 Å². The Bertz CT molecular complexity index is 960. The van der Waals surface area contributed by atoms with Crippen molar-refractivity contribution in [1.82, 2.24) is 15.1 Å². The van der Waals surface area contributed by atoms with Crippen LogP contribution in [0.1, 0.15) is 33.6 Å². The third-order valence-corrected chi connectivity index (χ3v) is 6.94. The second-order valence-corrected chi connectivity index (χ2v) is 9.36. The number of amides is 1. The predicted octanol–water partition coefficient (Wildman–Crippen LogP) is 3.02. The summed E-state index contributed by atoms with van der Waals surface area (Å²) in [6.07, 6.45) is 8.97. The van der Waals surface area contributed by atoms with E-state index in [-0.39, 0.29) is 18.1 Å². The van der Waals surface area contributed by atoms with Gasteiger partial charge in [0.15, 0.2) is 0 Å². The Morgan fingerprint density at radius 2 is 1.85 bits per heavy atom. The maximum Gasteiger partial charge on any atom is 0.241 e. The van der Waals surface area contributed by atoms with Crippen LogP contribution >= 0.6 is 0 Å². The van der Waals surface area contributed by atoms with Crippen molar-refractivity contribution in [2.45, 2.75) is 51.8 Å². The lowest BCUT2D eigenvalue weighted by molar-refractivity contribution is -0.121. The Kier molecular flexibility index (Phi) is 7.80. The molecule has 0 aliphatic carbocycles. The zero-order valence-electron chi connectivity index (χ0n) is 20.4.